The van der Waals surface area contributed by atoms with Gasteiger partial charge in [0.25, 0.3) is 0 Å². The predicted molar refractivity (Wildman–Crippen MR) is 56.8 cm³/mol. The van der Waals surface area contributed by atoms with Crippen molar-refractivity contribution in [3.63, 3.8) is 0 Å². The van der Waals surface area contributed by atoms with Gasteiger partial charge in [0.1, 0.15) is 5.82 Å². The summed E-state index contributed by atoms with van der Waals surface area (Å²) in [6, 6.07) is 7.20. The molecule has 0 aromatic heterocycles. The summed E-state index contributed by atoms with van der Waals surface area (Å²) >= 11 is 0. The normalized spacial score (nSPS) is 19.9. The second kappa shape index (κ2) is 4.12. The molecule has 0 N–H and O–H groups in total. The van der Waals surface area contributed by atoms with Crippen molar-refractivity contribution in [2.75, 3.05) is 0 Å². The second-order valence-corrected chi connectivity index (χ2v) is 4.35. The van der Waals surface area contributed by atoms with E-state index in [1.807, 2.05) is 12.1 Å². The van der Waals surface area contributed by atoms with Gasteiger partial charge in [0.05, 0.1) is 0 Å². The lowest BCUT2D eigenvalue weighted by molar-refractivity contribution is 0.444. The van der Waals surface area contributed by atoms with Crippen LogP contribution >= 0.6 is 0 Å². The maximum absolute atomic E-state index is 13.5. The third-order valence-corrected chi connectivity index (χ3v) is 3.50. The van der Waals surface area contributed by atoms with Crippen molar-refractivity contribution in [2.24, 2.45) is 5.92 Å². The Morgan fingerprint density at radius 3 is 2.50 bits per heavy atom. The van der Waals surface area contributed by atoms with Crippen LogP contribution in [0.25, 0.3) is 0 Å². The molecular weight excluding hydrogens is 175 g/mol. The fourth-order valence-corrected chi connectivity index (χ4v) is 2.56. The lowest BCUT2D eigenvalue weighted by Crippen LogP contribution is -2.07. The molecule has 0 nitrogen and oxygen atoms in total. The number of hydrogen-bond donors (Lipinski definition) is 0. The lowest BCUT2D eigenvalue weighted by Gasteiger charge is -2.19. The second-order valence-electron chi connectivity index (χ2n) is 4.35. The molecule has 76 valence electrons. The van der Waals surface area contributed by atoms with E-state index in [1.165, 1.54) is 25.7 Å². The van der Waals surface area contributed by atoms with Crippen LogP contribution in [0.5, 0.6) is 0 Å². The monoisotopic (exact) mass is 192 g/mol. The predicted octanol–water partition coefficient (Wildman–Crippen LogP) is 4.12. The Morgan fingerprint density at radius 1 is 1.21 bits per heavy atom. The zero-order valence-electron chi connectivity index (χ0n) is 8.67. The first kappa shape index (κ1) is 9.70. The van der Waals surface area contributed by atoms with Gasteiger partial charge in [0, 0.05) is 0 Å². The molecule has 0 amide bonds. The minimum atomic E-state index is -0.0353. The SMILES string of the molecule is CC(c1ccccc1F)C1CCCC1. The average Bonchev–Trinajstić information content (AvgIpc) is 2.70. The Morgan fingerprint density at radius 2 is 1.86 bits per heavy atom. The van der Waals surface area contributed by atoms with E-state index in [1.54, 1.807) is 12.1 Å². The van der Waals surface area contributed by atoms with Crippen LogP contribution in [0.4, 0.5) is 4.39 Å². The highest BCUT2D eigenvalue weighted by Crippen LogP contribution is 2.37. The van der Waals surface area contributed by atoms with Gasteiger partial charge in [-0.05, 0) is 36.3 Å². The van der Waals surface area contributed by atoms with E-state index >= 15 is 0 Å². The van der Waals surface area contributed by atoms with Crippen molar-refractivity contribution < 1.29 is 4.39 Å². The summed E-state index contributed by atoms with van der Waals surface area (Å²) in [6.07, 6.45) is 5.19. The topological polar surface area (TPSA) is 0 Å². The maximum Gasteiger partial charge on any atom is 0.126 e. The molecule has 1 saturated carbocycles. The van der Waals surface area contributed by atoms with Gasteiger partial charge in [-0.1, -0.05) is 38.0 Å². The van der Waals surface area contributed by atoms with E-state index in [0.717, 1.165) is 5.56 Å². The lowest BCUT2D eigenvalue weighted by atomic mass is 9.86. The molecule has 0 heterocycles. The largest absolute Gasteiger partial charge is 0.207 e. The van der Waals surface area contributed by atoms with Gasteiger partial charge in [-0.2, -0.15) is 0 Å². The van der Waals surface area contributed by atoms with Crippen LogP contribution in [-0.4, -0.2) is 0 Å². The van der Waals surface area contributed by atoms with Crippen LogP contribution in [0, 0.1) is 11.7 Å². The van der Waals surface area contributed by atoms with Crippen molar-refractivity contribution in [2.45, 2.75) is 38.5 Å². The van der Waals surface area contributed by atoms with Crippen molar-refractivity contribution in [1.82, 2.24) is 0 Å². The van der Waals surface area contributed by atoms with E-state index in [0.29, 0.717) is 11.8 Å². The molecule has 1 aromatic rings. The Hall–Kier alpha value is -0.850. The van der Waals surface area contributed by atoms with E-state index in [2.05, 4.69) is 6.92 Å². The molecule has 0 bridgehead atoms. The van der Waals surface area contributed by atoms with Crippen molar-refractivity contribution in [1.29, 1.82) is 0 Å². The van der Waals surface area contributed by atoms with Gasteiger partial charge in [0.15, 0.2) is 0 Å². The first-order chi connectivity index (χ1) is 6.79. The van der Waals surface area contributed by atoms with Crippen LogP contribution in [0.1, 0.15) is 44.1 Å². The van der Waals surface area contributed by atoms with E-state index in [9.17, 15) is 4.39 Å². The van der Waals surface area contributed by atoms with E-state index in [4.69, 9.17) is 0 Å². The number of halogens is 1. The number of benzene rings is 1. The van der Waals surface area contributed by atoms with Crippen molar-refractivity contribution in [3.05, 3.63) is 35.6 Å². The van der Waals surface area contributed by atoms with Gasteiger partial charge in [-0.25, -0.2) is 4.39 Å². The quantitative estimate of drug-likeness (QED) is 0.661. The van der Waals surface area contributed by atoms with Crippen LogP contribution in [0.3, 0.4) is 0 Å². The van der Waals surface area contributed by atoms with Gasteiger partial charge >= 0.3 is 0 Å². The Labute approximate surface area is 85.1 Å². The van der Waals surface area contributed by atoms with Crippen LogP contribution < -0.4 is 0 Å². The van der Waals surface area contributed by atoms with Gasteiger partial charge in [0.2, 0.25) is 0 Å². The maximum atomic E-state index is 13.5. The molecule has 1 aromatic carbocycles. The molecule has 0 saturated heterocycles. The summed E-state index contributed by atoms with van der Waals surface area (Å²) in [4.78, 5) is 0. The molecule has 0 radical (unpaired) electrons. The molecule has 1 aliphatic rings. The number of hydrogen-bond acceptors (Lipinski definition) is 0. The summed E-state index contributed by atoms with van der Waals surface area (Å²) in [6.45, 7) is 2.16. The smallest absolute Gasteiger partial charge is 0.126 e. The first-order valence-corrected chi connectivity index (χ1v) is 5.53. The summed E-state index contributed by atoms with van der Waals surface area (Å²) in [5.74, 6) is 1.05. The Kier molecular flexibility index (Phi) is 2.85. The highest BCUT2D eigenvalue weighted by atomic mass is 19.1. The van der Waals surface area contributed by atoms with E-state index in [-0.39, 0.29) is 5.82 Å². The molecular formula is C13H17F. The molecule has 1 aliphatic carbocycles. The Balaban J connectivity index is 2.17. The summed E-state index contributed by atoms with van der Waals surface area (Å²) in [5.41, 5.74) is 0.902. The first-order valence-electron chi connectivity index (χ1n) is 5.53. The number of rotatable bonds is 2. The van der Waals surface area contributed by atoms with E-state index < -0.39 is 0 Å². The van der Waals surface area contributed by atoms with Crippen LogP contribution in [0.15, 0.2) is 24.3 Å². The van der Waals surface area contributed by atoms with Crippen molar-refractivity contribution in [3.8, 4) is 0 Å². The summed E-state index contributed by atoms with van der Waals surface area (Å²) < 4.78 is 13.5. The zero-order valence-corrected chi connectivity index (χ0v) is 8.67. The molecule has 1 fully saturated rings. The van der Waals surface area contributed by atoms with Crippen molar-refractivity contribution >= 4 is 0 Å². The molecule has 14 heavy (non-hydrogen) atoms. The Bertz CT molecular complexity index is 300. The molecule has 0 spiro atoms. The zero-order chi connectivity index (χ0) is 9.97. The minimum Gasteiger partial charge on any atom is -0.207 e. The summed E-state index contributed by atoms with van der Waals surface area (Å²) in [5, 5.41) is 0. The third-order valence-electron chi connectivity index (χ3n) is 3.50. The van der Waals surface area contributed by atoms with Crippen LogP contribution in [-0.2, 0) is 0 Å². The fraction of sp³-hybridized carbons (Fsp3) is 0.538. The summed E-state index contributed by atoms with van der Waals surface area (Å²) in [7, 11) is 0. The molecule has 1 heteroatoms. The molecule has 0 aliphatic heterocycles. The standard InChI is InChI=1S/C13H17F/c1-10(11-6-2-3-7-11)12-8-4-5-9-13(12)14/h4-5,8-11H,2-3,6-7H2,1H3. The van der Waals surface area contributed by atoms with Crippen LogP contribution in [0.2, 0.25) is 0 Å². The highest BCUT2D eigenvalue weighted by Gasteiger charge is 2.24. The highest BCUT2D eigenvalue weighted by molar-refractivity contribution is 5.22. The molecule has 1 unspecified atom stereocenters. The average molecular weight is 192 g/mol. The molecule has 1 atom stereocenters. The minimum absolute atomic E-state index is 0.0353. The third kappa shape index (κ3) is 1.82. The van der Waals surface area contributed by atoms with Gasteiger partial charge < -0.3 is 0 Å². The van der Waals surface area contributed by atoms with Gasteiger partial charge in [-0.3, -0.25) is 0 Å². The van der Waals surface area contributed by atoms with Gasteiger partial charge in [-0.15, -0.1) is 0 Å². The fourth-order valence-electron chi connectivity index (χ4n) is 2.56. The molecule has 2 rings (SSSR count).